The minimum absolute atomic E-state index is 0.294. The Morgan fingerprint density at radius 1 is 1.45 bits per heavy atom. The first-order valence-corrected chi connectivity index (χ1v) is 6.23. The van der Waals surface area contributed by atoms with E-state index in [0.29, 0.717) is 15.0 Å². The standard InChI is InChI=1S/C11H10F3N3O2S/c1-6(18)15-16-10-17(2)8-4-3-7(5-9(8)20-10)19-11(12,13)14/h3-5H,1-2H3,(H,15,18)/b16-10+. The predicted molar refractivity (Wildman–Crippen MR) is 66.9 cm³/mol. The second-order valence-corrected chi connectivity index (χ2v) is 4.91. The third kappa shape index (κ3) is 3.29. The minimum Gasteiger partial charge on any atom is -0.406 e. The average molecular weight is 305 g/mol. The fourth-order valence-corrected chi connectivity index (χ4v) is 2.55. The number of aromatic nitrogens is 1. The number of hydrogen-bond donors (Lipinski definition) is 1. The molecule has 0 unspecified atom stereocenters. The summed E-state index contributed by atoms with van der Waals surface area (Å²) in [7, 11) is 1.70. The molecular weight excluding hydrogens is 295 g/mol. The van der Waals surface area contributed by atoms with Crippen LogP contribution in [0.2, 0.25) is 0 Å². The SMILES string of the molecule is CC(=O)N/N=c1/sc2cc(OC(F)(F)F)ccc2n1C. The average Bonchev–Trinajstić information content (AvgIpc) is 2.61. The first kappa shape index (κ1) is 14.4. The summed E-state index contributed by atoms with van der Waals surface area (Å²) >= 11 is 1.14. The first-order valence-electron chi connectivity index (χ1n) is 5.42. The second kappa shape index (κ2) is 5.16. The Kier molecular flexibility index (Phi) is 3.71. The summed E-state index contributed by atoms with van der Waals surface area (Å²) in [6.07, 6.45) is -4.73. The van der Waals surface area contributed by atoms with E-state index in [1.165, 1.54) is 25.1 Å². The van der Waals surface area contributed by atoms with Gasteiger partial charge in [-0.05, 0) is 18.2 Å². The van der Waals surface area contributed by atoms with Crippen molar-refractivity contribution < 1.29 is 22.7 Å². The highest BCUT2D eigenvalue weighted by Gasteiger charge is 2.31. The van der Waals surface area contributed by atoms with Crippen LogP contribution < -0.4 is 15.0 Å². The van der Waals surface area contributed by atoms with Crippen molar-refractivity contribution in [3.8, 4) is 5.75 Å². The summed E-state index contributed by atoms with van der Waals surface area (Å²) in [4.78, 5) is 11.3. The molecule has 108 valence electrons. The van der Waals surface area contributed by atoms with E-state index in [1.54, 1.807) is 11.6 Å². The molecule has 1 aromatic heterocycles. The Morgan fingerprint density at radius 3 is 2.75 bits per heavy atom. The van der Waals surface area contributed by atoms with Gasteiger partial charge in [0.05, 0.1) is 10.2 Å². The molecule has 0 radical (unpaired) electrons. The summed E-state index contributed by atoms with van der Waals surface area (Å²) in [5.74, 6) is -0.624. The Hall–Kier alpha value is -2.03. The maximum Gasteiger partial charge on any atom is 0.573 e. The van der Waals surface area contributed by atoms with Crippen molar-refractivity contribution in [2.45, 2.75) is 13.3 Å². The van der Waals surface area contributed by atoms with Crippen LogP contribution in [0.15, 0.2) is 23.3 Å². The molecule has 0 spiro atoms. The predicted octanol–water partition coefficient (Wildman–Crippen LogP) is 2.09. The number of rotatable bonds is 2. The monoisotopic (exact) mass is 305 g/mol. The maximum atomic E-state index is 12.1. The number of nitrogens with one attached hydrogen (secondary N) is 1. The molecule has 0 atom stereocenters. The topological polar surface area (TPSA) is 55.6 Å². The molecule has 0 aliphatic carbocycles. The third-order valence-electron chi connectivity index (χ3n) is 2.32. The van der Waals surface area contributed by atoms with Crippen molar-refractivity contribution >= 4 is 27.5 Å². The molecule has 1 heterocycles. The van der Waals surface area contributed by atoms with Crippen LogP contribution in [0.5, 0.6) is 5.75 Å². The number of thiazole rings is 1. The molecule has 0 saturated carbocycles. The van der Waals surface area contributed by atoms with E-state index in [9.17, 15) is 18.0 Å². The van der Waals surface area contributed by atoms with Gasteiger partial charge < -0.3 is 9.30 Å². The summed E-state index contributed by atoms with van der Waals surface area (Å²) < 4.78 is 42.5. The third-order valence-corrected chi connectivity index (χ3v) is 3.42. The van der Waals surface area contributed by atoms with Gasteiger partial charge in [0.2, 0.25) is 10.7 Å². The number of alkyl halides is 3. The van der Waals surface area contributed by atoms with Crippen LogP contribution in [0.25, 0.3) is 10.2 Å². The van der Waals surface area contributed by atoms with Crippen LogP contribution in [0.4, 0.5) is 13.2 Å². The highest BCUT2D eigenvalue weighted by Crippen LogP contribution is 2.27. The van der Waals surface area contributed by atoms with E-state index in [2.05, 4.69) is 15.3 Å². The Morgan fingerprint density at radius 2 is 2.15 bits per heavy atom. The van der Waals surface area contributed by atoms with Gasteiger partial charge in [-0.1, -0.05) is 11.3 Å². The van der Waals surface area contributed by atoms with Crippen molar-refractivity contribution in [1.29, 1.82) is 0 Å². The summed E-state index contributed by atoms with van der Waals surface area (Å²) in [6.45, 7) is 1.31. The molecule has 0 aliphatic rings. The number of carbonyl (C=O) groups excluding carboxylic acids is 1. The molecule has 0 bridgehead atoms. The largest absolute Gasteiger partial charge is 0.573 e. The minimum atomic E-state index is -4.73. The van der Waals surface area contributed by atoms with Crippen molar-refractivity contribution in [2.24, 2.45) is 12.1 Å². The van der Waals surface area contributed by atoms with Crippen molar-refractivity contribution in [3.05, 3.63) is 23.0 Å². The van der Waals surface area contributed by atoms with Gasteiger partial charge in [-0.15, -0.1) is 18.3 Å². The lowest BCUT2D eigenvalue weighted by Crippen LogP contribution is -2.20. The zero-order valence-electron chi connectivity index (χ0n) is 10.5. The van der Waals surface area contributed by atoms with Crippen LogP contribution >= 0.6 is 11.3 Å². The lowest BCUT2D eigenvalue weighted by molar-refractivity contribution is -0.274. The Balaban J connectivity index is 2.44. The van der Waals surface area contributed by atoms with Gasteiger partial charge in [-0.25, -0.2) is 5.43 Å². The van der Waals surface area contributed by atoms with Gasteiger partial charge in [0.15, 0.2) is 0 Å². The van der Waals surface area contributed by atoms with Gasteiger partial charge >= 0.3 is 6.36 Å². The molecule has 0 fully saturated rings. The highest BCUT2D eigenvalue weighted by molar-refractivity contribution is 7.16. The molecule has 1 amide bonds. The smallest absolute Gasteiger partial charge is 0.406 e. The van der Waals surface area contributed by atoms with Gasteiger partial charge in [0.25, 0.3) is 0 Å². The highest BCUT2D eigenvalue weighted by atomic mass is 32.1. The molecule has 2 aromatic rings. The van der Waals surface area contributed by atoms with Gasteiger partial charge in [0, 0.05) is 14.0 Å². The molecule has 0 aliphatic heterocycles. The van der Waals surface area contributed by atoms with E-state index >= 15 is 0 Å². The molecule has 2 rings (SSSR count). The maximum absolute atomic E-state index is 12.1. The second-order valence-electron chi connectivity index (χ2n) is 3.90. The number of ether oxygens (including phenoxy) is 1. The zero-order chi connectivity index (χ0) is 14.9. The van der Waals surface area contributed by atoms with E-state index in [1.807, 2.05) is 0 Å². The molecule has 0 saturated heterocycles. The van der Waals surface area contributed by atoms with Crippen LogP contribution in [-0.4, -0.2) is 16.8 Å². The van der Waals surface area contributed by atoms with Crippen molar-refractivity contribution in [1.82, 2.24) is 9.99 Å². The molecule has 9 heteroatoms. The number of benzene rings is 1. The summed E-state index contributed by atoms with van der Waals surface area (Å²) in [5, 5.41) is 3.87. The first-order chi connectivity index (χ1) is 9.26. The van der Waals surface area contributed by atoms with Gasteiger partial charge in [-0.2, -0.15) is 0 Å². The van der Waals surface area contributed by atoms with E-state index in [0.717, 1.165) is 11.3 Å². The lowest BCUT2D eigenvalue weighted by atomic mass is 10.3. The van der Waals surface area contributed by atoms with Gasteiger partial charge in [-0.3, -0.25) is 4.79 Å². The van der Waals surface area contributed by atoms with Crippen LogP contribution in [-0.2, 0) is 11.8 Å². The lowest BCUT2D eigenvalue weighted by Gasteiger charge is -2.08. The number of aryl methyl sites for hydroxylation is 1. The van der Waals surface area contributed by atoms with Gasteiger partial charge in [0.1, 0.15) is 5.75 Å². The molecule has 20 heavy (non-hydrogen) atoms. The van der Waals surface area contributed by atoms with E-state index in [-0.39, 0.29) is 11.7 Å². The summed E-state index contributed by atoms with van der Waals surface area (Å²) in [6, 6.07) is 4.00. The number of carbonyl (C=O) groups is 1. The normalized spacial score (nSPS) is 12.8. The van der Waals surface area contributed by atoms with Crippen LogP contribution in [0, 0.1) is 0 Å². The number of hydrogen-bond acceptors (Lipinski definition) is 4. The van der Waals surface area contributed by atoms with Crippen LogP contribution in [0.3, 0.4) is 0 Å². The Bertz CT molecular complexity index is 718. The zero-order valence-corrected chi connectivity index (χ0v) is 11.3. The number of fused-ring (bicyclic) bond motifs is 1. The summed E-state index contributed by atoms with van der Waals surface area (Å²) in [5.41, 5.74) is 2.97. The molecule has 5 nitrogen and oxygen atoms in total. The molecule has 1 N–H and O–H groups in total. The van der Waals surface area contributed by atoms with Crippen LogP contribution in [0.1, 0.15) is 6.92 Å². The fraction of sp³-hybridized carbons (Fsp3) is 0.273. The van der Waals surface area contributed by atoms with Crippen molar-refractivity contribution in [2.75, 3.05) is 0 Å². The number of amides is 1. The van der Waals surface area contributed by atoms with E-state index in [4.69, 9.17) is 0 Å². The van der Waals surface area contributed by atoms with Crippen molar-refractivity contribution in [3.63, 3.8) is 0 Å². The fourth-order valence-electron chi connectivity index (χ4n) is 1.54. The Labute approximate surface area is 115 Å². The molecular formula is C11H10F3N3O2S. The molecule has 1 aromatic carbocycles. The number of nitrogens with zero attached hydrogens (tertiary/aromatic N) is 2. The quantitative estimate of drug-likeness (QED) is 0.864. The number of halogens is 3. The van der Waals surface area contributed by atoms with E-state index < -0.39 is 6.36 Å².